The van der Waals surface area contributed by atoms with E-state index >= 15 is 0 Å². The minimum absolute atomic E-state index is 0.00360. The lowest BCUT2D eigenvalue weighted by Crippen LogP contribution is -2.10. The third kappa shape index (κ3) is 2.65. The minimum atomic E-state index is -0.743. The SMILES string of the molecule is COC(=O)c1nnn(Cc2cccc(F)c2)c1C=O. The van der Waals surface area contributed by atoms with E-state index in [0.29, 0.717) is 11.8 Å². The number of benzene rings is 1. The third-order valence-corrected chi connectivity index (χ3v) is 2.49. The van der Waals surface area contributed by atoms with Crippen LogP contribution in [-0.2, 0) is 11.3 Å². The van der Waals surface area contributed by atoms with Crippen molar-refractivity contribution in [3.63, 3.8) is 0 Å². The van der Waals surface area contributed by atoms with Gasteiger partial charge in [0.25, 0.3) is 0 Å². The topological polar surface area (TPSA) is 74.1 Å². The Morgan fingerprint density at radius 1 is 1.53 bits per heavy atom. The molecule has 19 heavy (non-hydrogen) atoms. The van der Waals surface area contributed by atoms with Crippen LogP contribution in [0, 0.1) is 5.82 Å². The van der Waals surface area contributed by atoms with Gasteiger partial charge in [-0.05, 0) is 17.7 Å². The van der Waals surface area contributed by atoms with Crippen molar-refractivity contribution >= 4 is 12.3 Å². The Kier molecular flexibility index (Phi) is 3.65. The lowest BCUT2D eigenvalue weighted by Gasteiger charge is -2.03. The van der Waals surface area contributed by atoms with Gasteiger partial charge < -0.3 is 4.74 Å². The molecule has 0 spiro atoms. The molecule has 0 atom stereocenters. The monoisotopic (exact) mass is 263 g/mol. The molecule has 0 bridgehead atoms. The van der Waals surface area contributed by atoms with Crippen LogP contribution in [0.2, 0.25) is 0 Å². The standard InChI is InChI=1S/C12H10FN3O3/c1-19-12(18)11-10(7-17)16(15-14-11)6-8-3-2-4-9(13)5-8/h2-5,7H,6H2,1H3. The third-order valence-electron chi connectivity index (χ3n) is 2.49. The van der Waals surface area contributed by atoms with Crippen LogP contribution in [0.1, 0.15) is 26.5 Å². The van der Waals surface area contributed by atoms with Gasteiger partial charge in [0.15, 0.2) is 6.29 Å². The molecular weight excluding hydrogens is 253 g/mol. The molecule has 2 aromatic rings. The number of esters is 1. The van der Waals surface area contributed by atoms with Crippen LogP contribution in [-0.4, -0.2) is 34.4 Å². The molecule has 0 saturated heterocycles. The maximum Gasteiger partial charge on any atom is 0.361 e. The summed E-state index contributed by atoms with van der Waals surface area (Å²) in [7, 11) is 1.18. The Hall–Kier alpha value is -2.57. The average molecular weight is 263 g/mol. The zero-order valence-corrected chi connectivity index (χ0v) is 10.0. The normalized spacial score (nSPS) is 10.2. The number of ether oxygens (including phenoxy) is 1. The van der Waals surface area contributed by atoms with Crippen molar-refractivity contribution in [1.29, 1.82) is 0 Å². The predicted molar refractivity (Wildman–Crippen MR) is 62.3 cm³/mol. The van der Waals surface area contributed by atoms with E-state index in [0.717, 1.165) is 0 Å². The first-order valence-corrected chi connectivity index (χ1v) is 5.37. The second kappa shape index (κ2) is 5.38. The molecular formula is C12H10FN3O3. The van der Waals surface area contributed by atoms with Crippen LogP contribution >= 0.6 is 0 Å². The van der Waals surface area contributed by atoms with Crippen molar-refractivity contribution in [1.82, 2.24) is 15.0 Å². The van der Waals surface area contributed by atoms with Gasteiger partial charge in [-0.3, -0.25) is 4.79 Å². The maximum absolute atomic E-state index is 13.1. The van der Waals surface area contributed by atoms with E-state index < -0.39 is 11.8 Å². The van der Waals surface area contributed by atoms with Crippen molar-refractivity contribution in [2.24, 2.45) is 0 Å². The molecule has 0 unspecified atom stereocenters. The number of aldehydes is 1. The number of hydrogen-bond acceptors (Lipinski definition) is 5. The largest absolute Gasteiger partial charge is 0.464 e. The molecule has 0 aliphatic carbocycles. The average Bonchev–Trinajstić information content (AvgIpc) is 2.80. The second-order valence-electron chi connectivity index (χ2n) is 3.72. The summed E-state index contributed by atoms with van der Waals surface area (Å²) in [5, 5.41) is 7.28. The first-order valence-electron chi connectivity index (χ1n) is 5.37. The lowest BCUT2D eigenvalue weighted by molar-refractivity contribution is 0.0591. The van der Waals surface area contributed by atoms with Gasteiger partial charge in [-0.1, -0.05) is 17.3 Å². The highest BCUT2D eigenvalue weighted by atomic mass is 19.1. The highest BCUT2D eigenvalue weighted by Gasteiger charge is 2.19. The Balaban J connectivity index is 2.33. The predicted octanol–water partition coefficient (Wildman–Crippen LogP) is 1.06. The second-order valence-corrected chi connectivity index (χ2v) is 3.72. The summed E-state index contributed by atoms with van der Waals surface area (Å²) in [4.78, 5) is 22.4. The van der Waals surface area contributed by atoms with Gasteiger partial charge >= 0.3 is 5.97 Å². The Morgan fingerprint density at radius 2 is 2.32 bits per heavy atom. The van der Waals surface area contributed by atoms with Crippen molar-refractivity contribution in [2.75, 3.05) is 7.11 Å². The number of carbonyl (C=O) groups excluding carboxylic acids is 2. The number of hydrogen-bond donors (Lipinski definition) is 0. The molecule has 1 aromatic heterocycles. The van der Waals surface area contributed by atoms with Gasteiger partial charge in [0, 0.05) is 0 Å². The van der Waals surface area contributed by atoms with Gasteiger partial charge in [-0.2, -0.15) is 0 Å². The molecule has 1 aromatic carbocycles. The minimum Gasteiger partial charge on any atom is -0.464 e. The summed E-state index contributed by atoms with van der Waals surface area (Å²) in [6, 6.07) is 5.85. The fourth-order valence-corrected chi connectivity index (χ4v) is 1.60. The highest BCUT2D eigenvalue weighted by Crippen LogP contribution is 2.09. The number of methoxy groups -OCH3 is 1. The number of halogens is 1. The Bertz CT molecular complexity index is 624. The molecule has 0 fully saturated rings. The van der Waals surface area contributed by atoms with Crippen molar-refractivity contribution in [2.45, 2.75) is 6.54 Å². The van der Waals surface area contributed by atoms with Crippen molar-refractivity contribution in [3.05, 3.63) is 47.0 Å². The molecule has 6 nitrogen and oxygen atoms in total. The van der Waals surface area contributed by atoms with Crippen LogP contribution in [0.5, 0.6) is 0 Å². The van der Waals surface area contributed by atoms with Crippen LogP contribution < -0.4 is 0 Å². The summed E-state index contributed by atoms with van der Waals surface area (Å²) in [6.45, 7) is 0.135. The highest BCUT2D eigenvalue weighted by molar-refractivity contribution is 5.95. The molecule has 1 heterocycles. The zero-order chi connectivity index (χ0) is 13.8. The maximum atomic E-state index is 13.1. The number of carbonyl (C=O) groups is 2. The molecule has 0 amide bonds. The molecule has 0 saturated carbocycles. The Labute approximate surface area is 107 Å². The van der Waals surface area contributed by atoms with Gasteiger partial charge in [-0.25, -0.2) is 13.9 Å². The van der Waals surface area contributed by atoms with E-state index in [-0.39, 0.29) is 17.9 Å². The zero-order valence-electron chi connectivity index (χ0n) is 10.0. The van der Waals surface area contributed by atoms with E-state index in [1.54, 1.807) is 12.1 Å². The van der Waals surface area contributed by atoms with Crippen LogP contribution in [0.4, 0.5) is 4.39 Å². The van der Waals surface area contributed by atoms with E-state index in [2.05, 4.69) is 15.0 Å². The molecule has 0 radical (unpaired) electrons. The van der Waals surface area contributed by atoms with Gasteiger partial charge in [0.05, 0.1) is 13.7 Å². The first-order chi connectivity index (χ1) is 9.15. The molecule has 0 aliphatic heterocycles. The number of rotatable bonds is 4. The number of nitrogens with zero attached hydrogens (tertiary/aromatic N) is 3. The van der Waals surface area contributed by atoms with E-state index in [1.165, 1.54) is 23.9 Å². The van der Waals surface area contributed by atoms with Crippen molar-refractivity contribution in [3.8, 4) is 0 Å². The summed E-state index contributed by atoms with van der Waals surface area (Å²) in [6.07, 6.45) is 0.464. The molecule has 98 valence electrons. The molecule has 7 heteroatoms. The van der Waals surface area contributed by atoms with E-state index in [4.69, 9.17) is 0 Å². The fraction of sp³-hybridized carbons (Fsp3) is 0.167. The van der Waals surface area contributed by atoms with Crippen LogP contribution in [0.25, 0.3) is 0 Å². The summed E-state index contributed by atoms with van der Waals surface area (Å²) in [5.74, 6) is -1.13. The van der Waals surface area contributed by atoms with Gasteiger partial charge in [-0.15, -0.1) is 5.10 Å². The first kappa shape index (κ1) is 12.9. The van der Waals surface area contributed by atoms with Gasteiger partial charge in [0.1, 0.15) is 11.5 Å². The molecule has 0 aliphatic rings. The quantitative estimate of drug-likeness (QED) is 0.609. The van der Waals surface area contributed by atoms with E-state index in [9.17, 15) is 14.0 Å². The van der Waals surface area contributed by atoms with Gasteiger partial charge in [0.2, 0.25) is 5.69 Å². The molecule has 2 rings (SSSR count). The lowest BCUT2D eigenvalue weighted by atomic mass is 10.2. The van der Waals surface area contributed by atoms with E-state index in [1.807, 2.05) is 0 Å². The van der Waals surface area contributed by atoms with Crippen molar-refractivity contribution < 1.29 is 18.7 Å². The summed E-state index contributed by atoms with van der Waals surface area (Å²) < 4.78 is 18.8. The van der Waals surface area contributed by atoms with Crippen LogP contribution in [0.15, 0.2) is 24.3 Å². The fourth-order valence-electron chi connectivity index (χ4n) is 1.60. The smallest absolute Gasteiger partial charge is 0.361 e. The molecule has 0 N–H and O–H groups in total. The summed E-state index contributed by atoms with van der Waals surface area (Å²) >= 11 is 0. The Morgan fingerprint density at radius 3 is 2.95 bits per heavy atom. The summed E-state index contributed by atoms with van der Waals surface area (Å²) in [5.41, 5.74) is 0.439. The van der Waals surface area contributed by atoms with Crippen LogP contribution in [0.3, 0.4) is 0 Å². The number of aromatic nitrogens is 3.